The zero-order valence-electron chi connectivity index (χ0n) is 15.6. The van der Waals surface area contributed by atoms with Crippen molar-refractivity contribution in [2.75, 3.05) is 17.7 Å². The summed E-state index contributed by atoms with van der Waals surface area (Å²) in [5.41, 5.74) is 3.43. The number of amides is 2. The fourth-order valence-corrected chi connectivity index (χ4v) is 3.79. The average molecular weight is 402 g/mol. The highest BCUT2D eigenvalue weighted by molar-refractivity contribution is 7.19. The highest BCUT2D eigenvalue weighted by atomic mass is 32.1. The van der Waals surface area contributed by atoms with Crippen LogP contribution in [-0.2, 0) is 0 Å². The Morgan fingerprint density at radius 3 is 2.31 bits per heavy atom. The molecule has 29 heavy (non-hydrogen) atoms. The van der Waals surface area contributed by atoms with Crippen LogP contribution in [0.3, 0.4) is 0 Å². The SMILES string of the molecule is COc1ccc(-c2nc(NC(=O)Nc3ccccc3)sc2-c2ccncc2)cc1. The Morgan fingerprint density at radius 1 is 0.897 bits per heavy atom. The van der Waals surface area contributed by atoms with Crippen molar-refractivity contribution in [1.29, 1.82) is 0 Å². The third kappa shape index (κ3) is 4.41. The molecule has 0 aliphatic heterocycles. The Labute approximate surface area is 172 Å². The predicted molar refractivity (Wildman–Crippen MR) is 116 cm³/mol. The van der Waals surface area contributed by atoms with Crippen molar-refractivity contribution < 1.29 is 9.53 Å². The maximum Gasteiger partial charge on any atom is 0.325 e. The van der Waals surface area contributed by atoms with E-state index in [0.29, 0.717) is 10.8 Å². The van der Waals surface area contributed by atoms with E-state index in [1.54, 1.807) is 19.5 Å². The first kappa shape index (κ1) is 18.6. The van der Waals surface area contributed by atoms with Gasteiger partial charge in [0.25, 0.3) is 0 Å². The summed E-state index contributed by atoms with van der Waals surface area (Å²) in [5.74, 6) is 0.773. The molecule has 4 rings (SSSR count). The average Bonchev–Trinajstić information content (AvgIpc) is 3.18. The number of carbonyl (C=O) groups is 1. The molecule has 6 nitrogen and oxygen atoms in total. The first-order valence-corrected chi connectivity index (χ1v) is 9.73. The molecule has 0 aliphatic carbocycles. The van der Waals surface area contributed by atoms with Gasteiger partial charge in [-0.15, -0.1) is 0 Å². The first-order valence-electron chi connectivity index (χ1n) is 8.91. The lowest BCUT2D eigenvalue weighted by Crippen LogP contribution is -2.19. The zero-order valence-corrected chi connectivity index (χ0v) is 16.4. The van der Waals surface area contributed by atoms with Crippen LogP contribution in [0.1, 0.15) is 0 Å². The molecule has 7 heteroatoms. The Morgan fingerprint density at radius 2 is 1.62 bits per heavy atom. The molecule has 0 aliphatic rings. The van der Waals surface area contributed by atoms with E-state index in [4.69, 9.17) is 4.74 Å². The standard InChI is InChI=1S/C22H18N4O2S/c1-28-18-9-7-15(8-10-18)19-20(16-11-13-23-14-12-16)29-22(25-19)26-21(27)24-17-5-3-2-4-6-17/h2-14H,1H3,(H2,24,25,26,27). The van der Waals surface area contributed by atoms with Crippen LogP contribution in [0.2, 0.25) is 0 Å². The summed E-state index contributed by atoms with van der Waals surface area (Å²) in [6, 6.07) is 20.5. The molecular formula is C22H18N4O2S. The van der Waals surface area contributed by atoms with E-state index in [9.17, 15) is 4.79 Å². The first-order chi connectivity index (χ1) is 14.2. The number of pyridine rings is 1. The maximum atomic E-state index is 12.4. The molecule has 0 spiro atoms. The van der Waals surface area contributed by atoms with Gasteiger partial charge in [-0.2, -0.15) is 0 Å². The van der Waals surface area contributed by atoms with E-state index in [-0.39, 0.29) is 6.03 Å². The fourth-order valence-electron chi connectivity index (χ4n) is 2.80. The van der Waals surface area contributed by atoms with Crippen molar-refractivity contribution in [3.05, 3.63) is 79.1 Å². The van der Waals surface area contributed by atoms with Crippen molar-refractivity contribution in [2.24, 2.45) is 0 Å². The Hall–Kier alpha value is -3.71. The summed E-state index contributed by atoms with van der Waals surface area (Å²) in [6.07, 6.45) is 3.48. The molecule has 0 fully saturated rings. The van der Waals surface area contributed by atoms with E-state index < -0.39 is 0 Å². The normalized spacial score (nSPS) is 10.4. The number of ether oxygens (including phenoxy) is 1. The van der Waals surface area contributed by atoms with E-state index >= 15 is 0 Å². The summed E-state index contributed by atoms with van der Waals surface area (Å²) in [7, 11) is 1.63. The molecule has 2 aromatic carbocycles. The minimum atomic E-state index is -0.340. The van der Waals surface area contributed by atoms with Gasteiger partial charge in [-0.1, -0.05) is 29.5 Å². The number of aromatic nitrogens is 2. The van der Waals surface area contributed by atoms with Gasteiger partial charge < -0.3 is 10.1 Å². The lowest BCUT2D eigenvalue weighted by molar-refractivity contribution is 0.262. The van der Waals surface area contributed by atoms with Crippen LogP contribution < -0.4 is 15.4 Å². The van der Waals surface area contributed by atoms with Crippen LogP contribution in [-0.4, -0.2) is 23.1 Å². The Kier molecular flexibility index (Phi) is 5.49. The maximum absolute atomic E-state index is 12.4. The molecule has 0 unspecified atom stereocenters. The summed E-state index contributed by atoms with van der Waals surface area (Å²) < 4.78 is 5.24. The van der Waals surface area contributed by atoms with E-state index in [2.05, 4.69) is 20.6 Å². The molecule has 2 aromatic heterocycles. The smallest absolute Gasteiger partial charge is 0.325 e. The fraction of sp³-hybridized carbons (Fsp3) is 0.0455. The van der Waals surface area contributed by atoms with Crippen molar-refractivity contribution >= 4 is 28.2 Å². The largest absolute Gasteiger partial charge is 0.497 e. The minimum Gasteiger partial charge on any atom is -0.497 e. The second-order valence-electron chi connectivity index (χ2n) is 6.11. The van der Waals surface area contributed by atoms with Gasteiger partial charge >= 0.3 is 6.03 Å². The molecule has 0 bridgehead atoms. The minimum absolute atomic E-state index is 0.340. The van der Waals surface area contributed by atoms with Gasteiger partial charge in [0.2, 0.25) is 0 Å². The van der Waals surface area contributed by atoms with Gasteiger partial charge in [-0.05, 0) is 54.1 Å². The molecule has 2 amide bonds. The van der Waals surface area contributed by atoms with Crippen LogP contribution in [0.4, 0.5) is 15.6 Å². The van der Waals surface area contributed by atoms with E-state index in [1.165, 1.54) is 11.3 Å². The van der Waals surface area contributed by atoms with Crippen LogP contribution in [0.25, 0.3) is 21.7 Å². The molecule has 0 saturated carbocycles. The van der Waals surface area contributed by atoms with Gasteiger partial charge in [0.05, 0.1) is 17.7 Å². The van der Waals surface area contributed by atoms with Gasteiger partial charge in [0, 0.05) is 23.6 Å². The molecule has 2 heterocycles. The monoisotopic (exact) mass is 402 g/mol. The number of thiazole rings is 1. The number of rotatable bonds is 5. The van der Waals surface area contributed by atoms with Crippen LogP contribution in [0.5, 0.6) is 5.75 Å². The van der Waals surface area contributed by atoms with Gasteiger partial charge in [-0.3, -0.25) is 10.3 Å². The molecule has 2 N–H and O–H groups in total. The third-order valence-electron chi connectivity index (χ3n) is 4.19. The Bertz CT molecular complexity index is 1100. The highest BCUT2D eigenvalue weighted by Crippen LogP contribution is 2.39. The zero-order chi connectivity index (χ0) is 20.1. The van der Waals surface area contributed by atoms with Crippen molar-refractivity contribution in [3.63, 3.8) is 0 Å². The lowest BCUT2D eigenvalue weighted by Gasteiger charge is -2.04. The number of benzene rings is 2. The summed E-state index contributed by atoms with van der Waals surface area (Å²) in [6.45, 7) is 0. The molecule has 0 saturated heterocycles. The van der Waals surface area contributed by atoms with Crippen molar-refractivity contribution in [1.82, 2.24) is 9.97 Å². The highest BCUT2D eigenvalue weighted by Gasteiger charge is 2.16. The summed E-state index contributed by atoms with van der Waals surface area (Å²) in [4.78, 5) is 22.1. The molecular weight excluding hydrogens is 384 g/mol. The van der Waals surface area contributed by atoms with Gasteiger partial charge in [0.1, 0.15) is 5.75 Å². The number of methoxy groups -OCH3 is 1. The summed E-state index contributed by atoms with van der Waals surface area (Å²) in [5, 5.41) is 6.14. The molecule has 0 radical (unpaired) electrons. The number of hydrogen-bond donors (Lipinski definition) is 2. The van der Waals surface area contributed by atoms with E-state index in [0.717, 1.165) is 27.4 Å². The second kappa shape index (κ2) is 8.53. The number of anilines is 2. The molecule has 0 atom stereocenters. The van der Waals surface area contributed by atoms with Crippen molar-refractivity contribution in [3.8, 4) is 27.4 Å². The number of hydrogen-bond acceptors (Lipinski definition) is 5. The van der Waals surface area contributed by atoms with E-state index in [1.807, 2.05) is 66.7 Å². The number of para-hydroxylation sites is 1. The number of nitrogens with zero attached hydrogens (tertiary/aromatic N) is 2. The van der Waals surface area contributed by atoms with Gasteiger partial charge in [0.15, 0.2) is 5.13 Å². The lowest BCUT2D eigenvalue weighted by atomic mass is 10.1. The molecule has 144 valence electrons. The number of carbonyl (C=O) groups excluding carboxylic acids is 1. The summed E-state index contributed by atoms with van der Waals surface area (Å²) >= 11 is 1.41. The van der Waals surface area contributed by atoms with Crippen LogP contribution in [0, 0.1) is 0 Å². The number of urea groups is 1. The third-order valence-corrected chi connectivity index (χ3v) is 5.21. The van der Waals surface area contributed by atoms with Crippen molar-refractivity contribution in [2.45, 2.75) is 0 Å². The van der Waals surface area contributed by atoms with Crippen LogP contribution in [0.15, 0.2) is 79.1 Å². The Balaban J connectivity index is 1.65. The topological polar surface area (TPSA) is 76.1 Å². The second-order valence-corrected chi connectivity index (χ2v) is 7.11. The predicted octanol–water partition coefficient (Wildman–Crippen LogP) is 5.52. The van der Waals surface area contributed by atoms with Gasteiger partial charge in [-0.25, -0.2) is 9.78 Å². The number of nitrogens with one attached hydrogen (secondary N) is 2. The van der Waals surface area contributed by atoms with Crippen LogP contribution >= 0.6 is 11.3 Å². The quantitative estimate of drug-likeness (QED) is 0.460. The molecule has 4 aromatic rings.